The first-order valence-corrected chi connectivity index (χ1v) is 7.55. The minimum Gasteiger partial charge on any atom is -0.478 e. The Bertz CT molecular complexity index is 534. The van der Waals surface area contributed by atoms with Crippen LogP contribution in [0.15, 0.2) is 15.7 Å². The summed E-state index contributed by atoms with van der Waals surface area (Å²) in [4.78, 5) is 10.7. The van der Waals surface area contributed by atoms with E-state index in [0.717, 1.165) is 17.8 Å². The summed E-state index contributed by atoms with van der Waals surface area (Å²) < 4.78 is 25.9. The van der Waals surface area contributed by atoms with E-state index >= 15 is 0 Å². The number of carboxylic acid groups (broad SMARTS) is 1. The van der Waals surface area contributed by atoms with Crippen LogP contribution in [0.1, 0.15) is 23.7 Å². The summed E-state index contributed by atoms with van der Waals surface area (Å²) in [5.74, 6) is -0.735. The number of carbonyl (C=O) groups is 1. The molecule has 1 atom stereocenters. The van der Waals surface area contributed by atoms with Gasteiger partial charge in [0.1, 0.15) is 4.21 Å². The number of thiophene rings is 1. The SMILES string of the molecule is CC1CCN(S(=O)(=O)c2cc(C(=O)O)cs2)C1. The Labute approximate surface area is 104 Å². The molecule has 0 spiro atoms. The van der Waals surface area contributed by atoms with E-state index < -0.39 is 16.0 Å². The van der Waals surface area contributed by atoms with Crippen LogP contribution in [0.25, 0.3) is 0 Å². The van der Waals surface area contributed by atoms with Crippen LogP contribution in [0.5, 0.6) is 0 Å². The van der Waals surface area contributed by atoms with Crippen molar-refractivity contribution in [3.8, 4) is 0 Å². The van der Waals surface area contributed by atoms with Crippen molar-refractivity contribution in [1.29, 1.82) is 0 Å². The highest BCUT2D eigenvalue weighted by atomic mass is 32.2. The lowest BCUT2D eigenvalue weighted by molar-refractivity contribution is 0.0697. The third-order valence-corrected chi connectivity index (χ3v) is 6.08. The predicted octanol–water partition coefficient (Wildman–Crippen LogP) is 1.48. The van der Waals surface area contributed by atoms with Crippen molar-refractivity contribution in [3.63, 3.8) is 0 Å². The lowest BCUT2D eigenvalue weighted by Crippen LogP contribution is -2.28. The minimum absolute atomic E-state index is 0.0285. The zero-order valence-electron chi connectivity index (χ0n) is 9.29. The number of aromatic carboxylic acids is 1. The van der Waals surface area contributed by atoms with E-state index in [9.17, 15) is 13.2 Å². The molecular weight excluding hydrogens is 262 g/mol. The topological polar surface area (TPSA) is 74.7 Å². The molecule has 1 aliphatic heterocycles. The highest BCUT2D eigenvalue weighted by Crippen LogP contribution is 2.28. The Kier molecular flexibility index (Phi) is 3.24. The van der Waals surface area contributed by atoms with Gasteiger partial charge < -0.3 is 5.11 Å². The largest absolute Gasteiger partial charge is 0.478 e. The van der Waals surface area contributed by atoms with Crippen LogP contribution < -0.4 is 0 Å². The van der Waals surface area contributed by atoms with E-state index in [1.165, 1.54) is 15.8 Å². The molecule has 94 valence electrons. The number of nitrogens with zero attached hydrogens (tertiary/aromatic N) is 1. The number of carboxylic acids is 1. The van der Waals surface area contributed by atoms with Gasteiger partial charge in [-0.2, -0.15) is 4.31 Å². The van der Waals surface area contributed by atoms with Crippen molar-refractivity contribution in [1.82, 2.24) is 4.31 Å². The average Bonchev–Trinajstić information content (AvgIpc) is 2.85. The quantitative estimate of drug-likeness (QED) is 0.906. The number of sulfonamides is 1. The summed E-state index contributed by atoms with van der Waals surface area (Å²) in [7, 11) is -3.50. The van der Waals surface area contributed by atoms with Crippen LogP contribution in [-0.2, 0) is 10.0 Å². The number of hydrogen-bond donors (Lipinski definition) is 1. The standard InChI is InChI=1S/C10H13NO4S2/c1-7-2-3-11(5-7)17(14,15)9-4-8(6-16-9)10(12)13/h4,6-7H,2-3,5H2,1H3,(H,12,13). The molecule has 1 unspecified atom stereocenters. The second-order valence-corrected chi connectivity index (χ2v) is 7.29. The van der Waals surface area contributed by atoms with Gasteiger partial charge in [-0.25, -0.2) is 13.2 Å². The zero-order chi connectivity index (χ0) is 12.6. The molecule has 1 N–H and O–H groups in total. The van der Waals surface area contributed by atoms with Gasteiger partial charge in [-0.1, -0.05) is 6.92 Å². The van der Waals surface area contributed by atoms with Crippen molar-refractivity contribution >= 4 is 27.3 Å². The molecule has 7 heteroatoms. The predicted molar refractivity (Wildman–Crippen MR) is 63.8 cm³/mol. The number of rotatable bonds is 3. The molecule has 0 saturated carbocycles. The lowest BCUT2D eigenvalue weighted by Gasteiger charge is -2.14. The molecule has 1 aromatic rings. The Morgan fingerprint density at radius 3 is 2.76 bits per heavy atom. The lowest BCUT2D eigenvalue weighted by atomic mass is 10.2. The van der Waals surface area contributed by atoms with Crippen molar-refractivity contribution < 1.29 is 18.3 Å². The Balaban J connectivity index is 2.28. The van der Waals surface area contributed by atoms with Crippen LogP contribution in [0, 0.1) is 5.92 Å². The minimum atomic E-state index is -3.50. The van der Waals surface area contributed by atoms with Gasteiger partial charge in [-0.3, -0.25) is 0 Å². The number of hydrogen-bond acceptors (Lipinski definition) is 4. The molecule has 5 nitrogen and oxygen atoms in total. The molecule has 1 aliphatic rings. The maximum atomic E-state index is 12.2. The molecule has 17 heavy (non-hydrogen) atoms. The summed E-state index contributed by atoms with van der Waals surface area (Å²) in [6.07, 6.45) is 0.858. The van der Waals surface area contributed by atoms with E-state index in [1.807, 2.05) is 6.92 Å². The maximum Gasteiger partial charge on any atom is 0.336 e. The normalized spacial score (nSPS) is 21.8. The van der Waals surface area contributed by atoms with Gasteiger partial charge in [0.05, 0.1) is 5.56 Å². The summed E-state index contributed by atoms with van der Waals surface area (Å²) in [5.41, 5.74) is 0.0285. The fourth-order valence-corrected chi connectivity index (χ4v) is 4.68. The smallest absolute Gasteiger partial charge is 0.336 e. The first kappa shape index (κ1) is 12.5. The van der Waals surface area contributed by atoms with Crippen LogP contribution >= 0.6 is 11.3 Å². The molecule has 0 amide bonds. The van der Waals surface area contributed by atoms with E-state index in [0.29, 0.717) is 19.0 Å². The van der Waals surface area contributed by atoms with Crippen molar-refractivity contribution in [3.05, 3.63) is 17.0 Å². The van der Waals surface area contributed by atoms with Crippen LogP contribution in [-0.4, -0.2) is 36.9 Å². The van der Waals surface area contributed by atoms with Crippen LogP contribution in [0.2, 0.25) is 0 Å². The zero-order valence-corrected chi connectivity index (χ0v) is 10.9. The van der Waals surface area contributed by atoms with E-state index in [-0.39, 0.29) is 9.77 Å². The average molecular weight is 275 g/mol. The molecule has 0 radical (unpaired) electrons. The van der Waals surface area contributed by atoms with Gasteiger partial charge in [0.2, 0.25) is 0 Å². The fourth-order valence-electron chi connectivity index (χ4n) is 1.80. The molecule has 0 aromatic carbocycles. The molecule has 2 heterocycles. The van der Waals surface area contributed by atoms with Crippen molar-refractivity contribution in [2.45, 2.75) is 17.6 Å². The summed E-state index contributed by atoms with van der Waals surface area (Å²) >= 11 is 0.962. The molecule has 1 fully saturated rings. The van der Waals surface area contributed by atoms with Gasteiger partial charge in [-0.15, -0.1) is 11.3 Å². The van der Waals surface area contributed by atoms with Gasteiger partial charge in [-0.05, 0) is 18.4 Å². The Morgan fingerprint density at radius 1 is 1.59 bits per heavy atom. The molecule has 1 aromatic heterocycles. The monoisotopic (exact) mass is 275 g/mol. The van der Waals surface area contributed by atoms with E-state index in [1.54, 1.807) is 0 Å². The Hall–Kier alpha value is -0.920. The molecule has 2 rings (SSSR count). The van der Waals surface area contributed by atoms with Crippen molar-refractivity contribution in [2.24, 2.45) is 5.92 Å². The Morgan fingerprint density at radius 2 is 2.29 bits per heavy atom. The first-order valence-electron chi connectivity index (χ1n) is 5.23. The summed E-state index contributed by atoms with van der Waals surface area (Å²) in [5, 5.41) is 10.1. The highest BCUT2D eigenvalue weighted by molar-refractivity contribution is 7.91. The van der Waals surface area contributed by atoms with Crippen LogP contribution in [0.3, 0.4) is 0 Å². The first-order chi connectivity index (χ1) is 7.91. The summed E-state index contributed by atoms with van der Waals surface area (Å²) in [6.45, 7) is 3.04. The maximum absolute atomic E-state index is 12.2. The second-order valence-electron chi connectivity index (χ2n) is 4.22. The second kappa shape index (κ2) is 4.40. The van der Waals surface area contributed by atoms with E-state index in [2.05, 4.69) is 0 Å². The van der Waals surface area contributed by atoms with Gasteiger partial charge >= 0.3 is 5.97 Å². The van der Waals surface area contributed by atoms with Crippen LogP contribution in [0.4, 0.5) is 0 Å². The molecule has 1 saturated heterocycles. The summed E-state index contributed by atoms with van der Waals surface area (Å²) in [6, 6.07) is 1.23. The fraction of sp³-hybridized carbons (Fsp3) is 0.500. The molecule has 0 bridgehead atoms. The third-order valence-electron chi connectivity index (χ3n) is 2.80. The molecular formula is C10H13NO4S2. The highest BCUT2D eigenvalue weighted by Gasteiger charge is 2.31. The molecule has 0 aliphatic carbocycles. The van der Waals surface area contributed by atoms with Gasteiger partial charge in [0.15, 0.2) is 0 Å². The van der Waals surface area contributed by atoms with Gasteiger partial charge in [0, 0.05) is 18.5 Å². The third kappa shape index (κ3) is 2.36. The van der Waals surface area contributed by atoms with Crippen molar-refractivity contribution in [2.75, 3.05) is 13.1 Å². The van der Waals surface area contributed by atoms with E-state index in [4.69, 9.17) is 5.11 Å². The van der Waals surface area contributed by atoms with Gasteiger partial charge in [0.25, 0.3) is 10.0 Å².